The monoisotopic (exact) mass is 186 g/mol. The van der Waals surface area contributed by atoms with Crippen molar-refractivity contribution in [2.75, 3.05) is 14.2 Å². The van der Waals surface area contributed by atoms with Crippen LogP contribution < -0.4 is 0 Å². The molecule has 74 valence electrons. The Bertz CT molecular complexity index is 212. The van der Waals surface area contributed by atoms with Crippen molar-refractivity contribution in [1.29, 1.82) is 0 Å². The molecule has 1 heterocycles. The van der Waals surface area contributed by atoms with Gasteiger partial charge in [-0.3, -0.25) is 4.79 Å². The van der Waals surface area contributed by atoms with Gasteiger partial charge >= 0.3 is 0 Å². The first-order chi connectivity index (χ1) is 6.19. The maximum atomic E-state index is 11.1. The molecule has 4 heteroatoms. The van der Waals surface area contributed by atoms with Crippen molar-refractivity contribution in [3.63, 3.8) is 0 Å². The fourth-order valence-corrected chi connectivity index (χ4v) is 1.23. The van der Waals surface area contributed by atoms with Crippen molar-refractivity contribution in [2.24, 2.45) is 0 Å². The highest BCUT2D eigenvalue weighted by Crippen LogP contribution is 2.16. The molecule has 0 fully saturated rings. The summed E-state index contributed by atoms with van der Waals surface area (Å²) in [5.74, 6) is -0.0572. The first-order valence-electron chi connectivity index (χ1n) is 4.09. The third kappa shape index (κ3) is 2.37. The summed E-state index contributed by atoms with van der Waals surface area (Å²) in [6.07, 6.45) is 2.21. The summed E-state index contributed by atoms with van der Waals surface area (Å²) in [4.78, 5) is 11.1. The quantitative estimate of drug-likeness (QED) is 0.603. The van der Waals surface area contributed by atoms with Crippen LogP contribution in [0, 0.1) is 0 Å². The summed E-state index contributed by atoms with van der Waals surface area (Å²) in [5.41, 5.74) is 0. The van der Waals surface area contributed by atoms with Gasteiger partial charge in [-0.2, -0.15) is 0 Å². The summed E-state index contributed by atoms with van der Waals surface area (Å²) in [6, 6.07) is 0. The van der Waals surface area contributed by atoms with Crippen molar-refractivity contribution in [1.82, 2.24) is 0 Å². The largest absolute Gasteiger partial charge is 0.374 e. The summed E-state index contributed by atoms with van der Waals surface area (Å²) in [5, 5.41) is 0. The lowest BCUT2D eigenvalue weighted by Gasteiger charge is -2.28. The van der Waals surface area contributed by atoms with Gasteiger partial charge in [-0.15, -0.1) is 0 Å². The Hall–Kier alpha value is -0.710. The van der Waals surface area contributed by atoms with Gasteiger partial charge < -0.3 is 14.2 Å². The van der Waals surface area contributed by atoms with Gasteiger partial charge in [-0.1, -0.05) is 6.08 Å². The van der Waals surface area contributed by atoms with E-state index in [0.29, 0.717) is 0 Å². The van der Waals surface area contributed by atoms with Crippen molar-refractivity contribution in [3.8, 4) is 0 Å². The van der Waals surface area contributed by atoms with E-state index >= 15 is 0 Å². The van der Waals surface area contributed by atoms with Gasteiger partial charge in [0.05, 0.1) is 0 Å². The second-order valence-corrected chi connectivity index (χ2v) is 2.86. The van der Waals surface area contributed by atoms with Crippen molar-refractivity contribution < 1.29 is 19.0 Å². The molecule has 0 bridgehead atoms. The lowest BCUT2D eigenvalue weighted by Crippen LogP contribution is -2.41. The van der Waals surface area contributed by atoms with E-state index in [4.69, 9.17) is 14.2 Å². The van der Waals surface area contributed by atoms with Crippen LogP contribution in [0.5, 0.6) is 0 Å². The number of ether oxygens (including phenoxy) is 3. The zero-order valence-electron chi connectivity index (χ0n) is 8.02. The number of ketones is 1. The van der Waals surface area contributed by atoms with E-state index in [0.717, 1.165) is 0 Å². The third-order valence-electron chi connectivity index (χ3n) is 1.94. The molecule has 0 radical (unpaired) electrons. The predicted molar refractivity (Wildman–Crippen MR) is 46.3 cm³/mol. The number of hydrogen-bond acceptors (Lipinski definition) is 4. The smallest absolute Gasteiger partial charge is 0.177 e. The zero-order valence-corrected chi connectivity index (χ0v) is 8.02. The van der Waals surface area contributed by atoms with E-state index in [1.54, 1.807) is 19.3 Å². The Morgan fingerprint density at radius 1 is 1.31 bits per heavy atom. The van der Waals surface area contributed by atoms with Gasteiger partial charge in [0.1, 0.15) is 12.2 Å². The first kappa shape index (κ1) is 10.4. The molecule has 0 aromatic heterocycles. The summed E-state index contributed by atoms with van der Waals surface area (Å²) >= 11 is 0. The number of Topliss-reactive ketones (excluding diaryl/α,β-unsaturated/α-hetero) is 1. The van der Waals surface area contributed by atoms with Gasteiger partial charge in [0, 0.05) is 14.2 Å². The average molecular weight is 186 g/mol. The number of methoxy groups -OCH3 is 2. The molecular weight excluding hydrogens is 172 g/mol. The third-order valence-corrected chi connectivity index (χ3v) is 1.94. The Morgan fingerprint density at radius 3 is 2.46 bits per heavy atom. The highest BCUT2D eigenvalue weighted by atomic mass is 16.7. The fraction of sp³-hybridized carbons (Fsp3) is 0.667. The topological polar surface area (TPSA) is 44.8 Å². The molecule has 13 heavy (non-hydrogen) atoms. The standard InChI is InChI=1S/C9H14O4/c1-6(10)9-7(11-2)4-5-8(12-3)13-9/h4-5,7-9H,1-3H3/t7-,8+,9-/m0/s1. The Kier molecular flexibility index (Phi) is 3.59. The molecule has 1 rings (SSSR count). The van der Waals surface area contributed by atoms with Crippen LogP contribution in [0.1, 0.15) is 6.92 Å². The maximum Gasteiger partial charge on any atom is 0.177 e. The zero-order chi connectivity index (χ0) is 9.84. The molecule has 3 atom stereocenters. The van der Waals surface area contributed by atoms with Crippen LogP contribution in [-0.4, -0.2) is 38.5 Å². The summed E-state index contributed by atoms with van der Waals surface area (Å²) in [7, 11) is 3.07. The highest BCUT2D eigenvalue weighted by molar-refractivity contribution is 5.81. The molecular formula is C9H14O4. The lowest BCUT2D eigenvalue weighted by molar-refractivity contribution is -0.173. The normalized spacial score (nSPS) is 33.3. The Morgan fingerprint density at radius 2 is 2.00 bits per heavy atom. The van der Waals surface area contributed by atoms with Gasteiger partial charge in [0.25, 0.3) is 0 Å². The fourth-order valence-electron chi connectivity index (χ4n) is 1.23. The molecule has 0 aromatic rings. The van der Waals surface area contributed by atoms with E-state index in [1.165, 1.54) is 14.0 Å². The van der Waals surface area contributed by atoms with Crippen molar-refractivity contribution in [3.05, 3.63) is 12.2 Å². The second kappa shape index (κ2) is 4.50. The molecule has 0 saturated heterocycles. The van der Waals surface area contributed by atoms with Crippen molar-refractivity contribution >= 4 is 5.78 Å². The van der Waals surface area contributed by atoms with Crippen LogP contribution in [0.15, 0.2) is 12.2 Å². The summed E-state index contributed by atoms with van der Waals surface area (Å²) < 4.78 is 15.3. The van der Waals surface area contributed by atoms with Crippen LogP contribution in [0.2, 0.25) is 0 Å². The molecule has 0 aromatic carbocycles. The van der Waals surface area contributed by atoms with Gasteiger partial charge in [-0.05, 0) is 13.0 Å². The van der Waals surface area contributed by atoms with Crippen molar-refractivity contribution in [2.45, 2.75) is 25.4 Å². The minimum absolute atomic E-state index is 0.0572. The first-order valence-corrected chi connectivity index (χ1v) is 4.09. The van der Waals surface area contributed by atoms with E-state index in [1.807, 2.05) is 0 Å². The van der Waals surface area contributed by atoms with Crippen LogP contribution >= 0.6 is 0 Å². The van der Waals surface area contributed by atoms with E-state index < -0.39 is 12.4 Å². The second-order valence-electron chi connectivity index (χ2n) is 2.86. The number of carbonyl (C=O) groups excluding carboxylic acids is 1. The van der Waals surface area contributed by atoms with E-state index in [2.05, 4.69) is 0 Å². The van der Waals surface area contributed by atoms with Gasteiger partial charge in [0.2, 0.25) is 0 Å². The minimum atomic E-state index is -0.556. The van der Waals surface area contributed by atoms with Crippen LogP contribution in [0.4, 0.5) is 0 Å². The molecule has 0 unspecified atom stereocenters. The lowest BCUT2D eigenvalue weighted by atomic mass is 10.1. The van der Waals surface area contributed by atoms with Gasteiger partial charge in [-0.25, -0.2) is 0 Å². The Balaban J connectivity index is 2.70. The average Bonchev–Trinajstić information content (AvgIpc) is 2.16. The van der Waals surface area contributed by atoms with Gasteiger partial charge in [0.15, 0.2) is 12.1 Å². The number of carbonyl (C=O) groups is 1. The summed E-state index contributed by atoms with van der Waals surface area (Å²) in [6.45, 7) is 1.47. The Labute approximate surface area is 77.5 Å². The van der Waals surface area contributed by atoms with Crippen LogP contribution in [-0.2, 0) is 19.0 Å². The molecule has 0 saturated carbocycles. The molecule has 1 aliphatic heterocycles. The molecule has 0 amide bonds. The molecule has 0 aliphatic carbocycles. The minimum Gasteiger partial charge on any atom is -0.374 e. The number of hydrogen-bond donors (Lipinski definition) is 0. The number of rotatable bonds is 3. The van der Waals surface area contributed by atoms with Crippen LogP contribution in [0.3, 0.4) is 0 Å². The predicted octanol–water partition coefficient (Wildman–Crippen LogP) is 0.518. The maximum absolute atomic E-state index is 11.1. The molecule has 0 N–H and O–H groups in total. The highest BCUT2D eigenvalue weighted by Gasteiger charge is 2.30. The SMILES string of the molecule is CO[C@H]1C=C[C@H](OC)[C@H](C(C)=O)O1. The molecule has 1 aliphatic rings. The molecule has 0 spiro atoms. The van der Waals surface area contributed by atoms with E-state index in [-0.39, 0.29) is 11.9 Å². The van der Waals surface area contributed by atoms with Crippen LogP contribution in [0.25, 0.3) is 0 Å². The van der Waals surface area contributed by atoms with E-state index in [9.17, 15) is 4.79 Å². The molecule has 4 nitrogen and oxygen atoms in total.